The van der Waals surface area contributed by atoms with Crippen molar-refractivity contribution in [1.29, 1.82) is 0 Å². The number of unbranched alkanes of at least 4 members (excludes halogenated alkanes) is 1. The molecular weight excluding hydrogens is 286 g/mol. The second-order valence-corrected chi connectivity index (χ2v) is 5.71. The molecule has 0 heterocycles. The Morgan fingerprint density at radius 1 is 1.33 bits per heavy atom. The van der Waals surface area contributed by atoms with E-state index in [0.29, 0.717) is 16.6 Å². The molecule has 1 atom stereocenters. The summed E-state index contributed by atoms with van der Waals surface area (Å²) in [4.78, 5) is 0. The van der Waals surface area contributed by atoms with E-state index in [2.05, 4.69) is 24.3 Å². The fourth-order valence-corrected chi connectivity index (χ4v) is 2.56. The summed E-state index contributed by atoms with van der Waals surface area (Å²) in [5.41, 5.74) is 7.21. The van der Waals surface area contributed by atoms with Crippen LogP contribution in [0.25, 0.3) is 0 Å². The molecule has 1 unspecified atom stereocenters. The summed E-state index contributed by atoms with van der Waals surface area (Å²) < 4.78 is 0. The lowest BCUT2D eigenvalue weighted by Crippen LogP contribution is -2.28. The van der Waals surface area contributed by atoms with Crippen LogP contribution in [0.1, 0.15) is 57.1 Å². The first kappa shape index (κ1) is 17.8. The Morgan fingerprint density at radius 2 is 2.10 bits per heavy atom. The van der Waals surface area contributed by atoms with Gasteiger partial charge in [-0.05, 0) is 24.5 Å². The smallest absolute Gasteiger partial charge is 0.170 e. The summed E-state index contributed by atoms with van der Waals surface area (Å²) in [5.74, 6) is 0.0724. The van der Waals surface area contributed by atoms with E-state index >= 15 is 0 Å². The molecule has 0 aliphatic carbocycles. The fourth-order valence-electron chi connectivity index (χ4n) is 2.31. The van der Waals surface area contributed by atoms with E-state index in [1.54, 1.807) is 6.07 Å². The molecular formula is C16H26ClN3O. The summed E-state index contributed by atoms with van der Waals surface area (Å²) >= 11 is 6.26. The Balaban J connectivity index is 2.65. The first-order valence-corrected chi connectivity index (χ1v) is 7.99. The molecule has 0 saturated carbocycles. The number of amidine groups is 1. The van der Waals surface area contributed by atoms with E-state index in [1.165, 1.54) is 32.1 Å². The van der Waals surface area contributed by atoms with E-state index in [-0.39, 0.29) is 5.84 Å². The number of halogens is 1. The molecule has 0 aliphatic rings. The van der Waals surface area contributed by atoms with Crippen LogP contribution >= 0.6 is 11.6 Å². The van der Waals surface area contributed by atoms with Crippen molar-refractivity contribution < 1.29 is 5.21 Å². The first-order valence-electron chi connectivity index (χ1n) is 7.62. The van der Waals surface area contributed by atoms with Gasteiger partial charge in [0.05, 0.1) is 0 Å². The van der Waals surface area contributed by atoms with Crippen LogP contribution < -0.4 is 11.1 Å². The second kappa shape index (κ2) is 9.64. The second-order valence-electron chi connectivity index (χ2n) is 5.30. The number of hydrogen-bond acceptors (Lipinski definition) is 3. The van der Waals surface area contributed by atoms with Gasteiger partial charge in [0.25, 0.3) is 0 Å². The van der Waals surface area contributed by atoms with Gasteiger partial charge in [0.15, 0.2) is 5.84 Å². The van der Waals surface area contributed by atoms with Crippen LogP contribution in [-0.2, 0) is 6.54 Å². The third kappa shape index (κ3) is 5.94. The SMILES string of the molecule is CCCCC(CCC)NCc1ccc(/C(N)=N/O)cc1Cl. The molecule has 0 fully saturated rings. The van der Waals surface area contributed by atoms with E-state index in [9.17, 15) is 0 Å². The predicted octanol–water partition coefficient (Wildman–Crippen LogP) is 3.88. The van der Waals surface area contributed by atoms with Gasteiger partial charge in [-0.25, -0.2) is 0 Å². The maximum absolute atomic E-state index is 8.67. The lowest BCUT2D eigenvalue weighted by Gasteiger charge is -2.18. The van der Waals surface area contributed by atoms with Gasteiger partial charge in [-0.1, -0.05) is 62.0 Å². The maximum Gasteiger partial charge on any atom is 0.170 e. The normalized spacial score (nSPS) is 13.4. The third-order valence-corrected chi connectivity index (χ3v) is 3.93. The van der Waals surface area contributed by atoms with Crippen LogP contribution in [0, 0.1) is 0 Å². The van der Waals surface area contributed by atoms with Crippen molar-refractivity contribution in [2.24, 2.45) is 10.9 Å². The predicted molar refractivity (Wildman–Crippen MR) is 89.0 cm³/mol. The van der Waals surface area contributed by atoms with Crippen molar-refractivity contribution in [3.8, 4) is 0 Å². The van der Waals surface area contributed by atoms with E-state index in [0.717, 1.165) is 12.1 Å². The highest BCUT2D eigenvalue weighted by molar-refractivity contribution is 6.31. The number of nitrogens with two attached hydrogens (primary N) is 1. The van der Waals surface area contributed by atoms with Crippen LogP contribution in [0.2, 0.25) is 5.02 Å². The molecule has 1 aromatic carbocycles. The zero-order valence-electron chi connectivity index (χ0n) is 12.9. The van der Waals surface area contributed by atoms with Gasteiger partial charge in [0.2, 0.25) is 0 Å². The zero-order valence-corrected chi connectivity index (χ0v) is 13.7. The first-order chi connectivity index (χ1) is 10.1. The molecule has 5 heteroatoms. The fraction of sp³-hybridized carbons (Fsp3) is 0.562. The Labute approximate surface area is 132 Å². The topological polar surface area (TPSA) is 70.6 Å². The van der Waals surface area contributed by atoms with E-state index < -0.39 is 0 Å². The van der Waals surface area contributed by atoms with Gasteiger partial charge in [0.1, 0.15) is 0 Å². The molecule has 4 N–H and O–H groups in total. The molecule has 0 bridgehead atoms. The van der Waals surface area contributed by atoms with Crippen LogP contribution in [0.3, 0.4) is 0 Å². The lowest BCUT2D eigenvalue weighted by atomic mass is 10.0. The third-order valence-electron chi connectivity index (χ3n) is 3.58. The Morgan fingerprint density at radius 3 is 2.67 bits per heavy atom. The van der Waals surface area contributed by atoms with Gasteiger partial charge in [-0.2, -0.15) is 0 Å². The summed E-state index contributed by atoms with van der Waals surface area (Å²) in [6, 6.07) is 6.01. The zero-order chi connectivity index (χ0) is 15.7. The van der Waals surface area contributed by atoms with Crippen molar-refractivity contribution >= 4 is 17.4 Å². The highest BCUT2D eigenvalue weighted by Crippen LogP contribution is 2.18. The molecule has 1 aromatic rings. The molecule has 0 spiro atoms. The number of rotatable bonds is 9. The van der Waals surface area contributed by atoms with Crippen molar-refractivity contribution in [2.45, 2.75) is 58.5 Å². The molecule has 4 nitrogen and oxygen atoms in total. The standard InChI is InChI=1S/C16H26ClN3O/c1-3-5-7-14(6-4-2)19-11-13-9-8-12(10-15(13)17)16(18)20-21/h8-10,14,19,21H,3-7,11H2,1-2H3,(H2,18,20). The van der Waals surface area contributed by atoms with Crippen LogP contribution in [0.4, 0.5) is 0 Å². The quantitative estimate of drug-likeness (QED) is 0.280. The van der Waals surface area contributed by atoms with Crippen LogP contribution in [0.15, 0.2) is 23.4 Å². The summed E-state index contributed by atoms with van der Waals surface area (Å²) in [7, 11) is 0. The molecule has 118 valence electrons. The van der Waals surface area contributed by atoms with Gasteiger partial charge < -0.3 is 16.3 Å². The van der Waals surface area contributed by atoms with Crippen LogP contribution in [0.5, 0.6) is 0 Å². The number of nitrogens with zero attached hydrogens (tertiary/aromatic N) is 1. The average molecular weight is 312 g/mol. The van der Waals surface area contributed by atoms with Crippen molar-refractivity contribution in [3.63, 3.8) is 0 Å². The highest BCUT2D eigenvalue weighted by atomic mass is 35.5. The molecule has 0 amide bonds. The minimum atomic E-state index is 0.0724. The van der Waals surface area contributed by atoms with Gasteiger partial charge in [-0.15, -0.1) is 0 Å². The Hall–Kier alpha value is -1.26. The monoisotopic (exact) mass is 311 g/mol. The molecule has 0 radical (unpaired) electrons. The van der Waals surface area contributed by atoms with Gasteiger partial charge >= 0.3 is 0 Å². The van der Waals surface area contributed by atoms with Crippen molar-refractivity contribution in [2.75, 3.05) is 0 Å². The number of benzene rings is 1. The van der Waals surface area contributed by atoms with Crippen LogP contribution in [-0.4, -0.2) is 17.1 Å². The summed E-state index contributed by atoms with van der Waals surface area (Å²) in [5, 5.41) is 15.9. The highest BCUT2D eigenvalue weighted by Gasteiger charge is 2.09. The summed E-state index contributed by atoms with van der Waals surface area (Å²) in [6.07, 6.45) is 6.02. The average Bonchev–Trinajstić information content (AvgIpc) is 2.50. The number of hydrogen-bond donors (Lipinski definition) is 3. The van der Waals surface area contributed by atoms with E-state index in [1.807, 2.05) is 12.1 Å². The largest absolute Gasteiger partial charge is 0.409 e. The number of oxime groups is 1. The molecule has 0 aromatic heterocycles. The number of nitrogens with one attached hydrogen (secondary N) is 1. The minimum Gasteiger partial charge on any atom is -0.409 e. The lowest BCUT2D eigenvalue weighted by molar-refractivity contribution is 0.318. The van der Waals surface area contributed by atoms with Crippen molar-refractivity contribution in [1.82, 2.24) is 5.32 Å². The Kier molecular flexibility index (Phi) is 8.16. The van der Waals surface area contributed by atoms with E-state index in [4.69, 9.17) is 22.5 Å². The summed E-state index contributed by atoms with van der Waals surface area (Å²) in [6.45, 7) is 5.16. The van der Waals surface area contributed by atoms with Gasteiger partial charge in [-0.3, -0.25) is 0 Å². The van der Waals surface area contributed by atoms with Crippen molar-refractivity contribution in [3.05, 3.63) is 34.3 Å². The molecule has 0 saturated heterocycles. The molecule has 1 rings (SSSR count). The minimum absolute atomic E-state index is 0.0724. The molecule has 0 aliphatic heterocycles. The maximum atomic E-state index is 8.67. The molecule has 21 heavy (non-hydrogen) atoms. The Bertz CT molecular complexity index is 463. The van der Waals surface area contributed by atoms with Gasteiger partial charge in [0, 0.05) is 23.2 Å².